The average molecular weight is 331 g/mol. The summed E-state index contributed by atoms with van der Waals surface area (Å²) in [5.41, 5.74) is 0.958. The number of sulfonamides is 1. The zero-order chi connectivity index (χ0) is 17.0. The number of phenols is 1. The van der Waals surface area contributed by atoms with Crippen LogP contribution in [0.1, 0.15) is 15.9 Å². The maximum Gasteiger partial charge on any atom is 0.242 e. The van der Waals surface area contributed by atoms with Crippen LogP contribution in [-0.2, 0) is 10.0 Å². The van der Waals surface area contributed by atoms with Gasteiger partial charge in [0.15, 0.2) is 5.78 Å². The van der Waals surface area contributed by atoms with Gasteiger partial charge < -0.3 is 5.11 Å². The van der Waals surface area contributed by atoms with Crippen molar-refractivity contribution in [2.45, 2.75) is 4.90 Å². The maximum atomic E-state index is 12.2. The van der Waals surface area contributed by atoms with Crippen molar-refractivity contribution in [2.24, 2.45) is 0 Å². The lowest BCUT2D eigenvalue weighted by atomic mass is 10.1. The molecule has 2 aromatic carbocycles. The number of ketones is 1. The number of rotatable bonds is 5. The Kier molecular flexibility index (Phi) is 4.98. The Morgan fingerprint density at radius 1 is 1.09 bits per heavy atom. The number of phenolic OH excluding ortho intramolecular Hbond substituents is 1. The second kappa shape index (κ2) is 6.76. The van der Waals surface area contributed by atoms with Crippen LogP contribution in [0.2, 0.25) is 0 Å². The molecule has 6 heteroatoms. The highest BCUT2D eigenvalue weighted by Crippen LogP contribution is 2.16. The van der Waals surface area contributed by atoms with Gasteiger partial charge in [0.25, 0.3) is 0 Å². The number of hydrogen-bond acceptors (Lipinski definition) is 4. The van der Waals surface area contributed by atoms with Crippen molar-refractivity contribution in [1.29, 1.82) is 0 Å². The van der Waals surface area contributed by atoms with E-state index in [2.05, 4.69) is 0 Å². The summed E-state index contributed by atoms with van der Waals surface area (Å²) < 4.78 is 25.3. The first-order chi connectivity index (χ1) is 10.8. The van der Waals surface area contributed by atoms with Gasteiger partial charge in [-0.05, 0) is 35.9 Å². The van der Waals surface area contributed by atoms with Crippen molar-refractivity contribution >= 4 is 21.9 Å². The monoisotopic (exact) mass is 331 g/mol. The third-order valence-corrected chi connectivity index (χ3v) is 5.01. The second-order valence-electron chi connectivity index (χ2n) is 5.11. The van der Waals surface area contributed by atoms with Crippen molar-refractivity contribution in [2.75, 3.05) is 14.1 Å². The van der Waals surface area contributed by atoms with Gasteiger partial charge in [-0.1, -0.05) is 30.3 Å². The van der Waals surface area contributed by atoms with Gasteiger partial charge in [-0.15, -0.1) is 0 Å². The lowest BCUT2D eigenvalue weighted by molar-refractivity contribution is 0.104. The first-order valence-electron chi connectivity index (χ1n) is 6.85. The SMILES string of the molecule is CN(C)S(=O)(=O)c1cccc(C(=O)/C=C/c2cccc(O)c2)c1. The van der Waals surface area contributed by atoms with Crippen molar-refractivity contribution < 1.29 is 18.3 Å². The normalized spacial score (nSPS) is 12.0. The molecule has 0 aliphatic rings. The molecule has 0 aliphatic heterocycles. The minimum absolute atomic E-state index is 0.0686. The van der Waals surface area contributed by atoms with E-state index >= 15 is 0 Å². The van der Waals surface area contributed by atoms with Crippen LogP contribution in [-0.4, -0.2) is 37.7 Å². The van der Waals surface area contributed by atoms with Crippen LogP contribution in [0.15, 0.2) is 59.5 Å². The lowest BCUT2D eigenvalue weighted by Gasteiger charge is -2.11. The molecule has 1 N–H and O–H groups in total. The van der Waals surface area contributed by atoms with Crippen molar-refractivity contribution in [3.05, 3.63) is 65.7 Å². The first-order valence-corrected chi connectivity index (χ1v) is 8.29. The van der Waals surface area contributed by atoms with E-state index in [4.69, 9.17) is 0 Å². The predicted octanol–water partition coefficient (Wildman–Crippen LogP) is 2.54. The molecule has 0 spiro atoms. The number of hydrogen-bond donors (Lipinski definition) is 1. The fourth-order valence-electron chi connectivity index (χ4n) is 1.92. The van der Waals surface area contributed by atoms with Gasteiger partial charge in [0.2, 0.25) is 10.0 Å². The molecule has 0 saturated carbocycles. The van der Waals surface area contributed by atoms with Crippen LogP contribution >= 0.6 is 0 Å². The number of carbonyl (C=O) groups is 1. The van der Waals surface area contributed by atoms with E-state index in [0.29, 0.717) is 5.56 Å². The van der Waals surface area contributed by atoms with Gasteiger partial charge in [0, 0.05) is 19.7 Å². The molecule has 0 bridgehead atoms. The molecule has 2 rings (SSSR count). The molecule has 0 radical (unpaired) electrons. The molecule has 0 heterocycles. The van der Waals surface area contributed by atoms with E-state index in [1.165, 1.54) is 50.5 Å². The van der Waals surface area contributed by atoms with E-state index in [9.17, 15) is 18.3 Å². The van der Waals surface area contributed by atoms with Crippen LogP contribution in [0.3, 0.4) is 0 Å². The Balaban J connectivity index is 2.27. The van der Waals surface area contributed by atoms with Gasteiger partial charge in [-0.25, -0.2) is 12.7 Å². The Bertz CT molecular complexity index is 854. The Hall–Kier alpha value is -2.44. The molecule has 0 amide bonds. The summed E-state index contributed by atoms with van der Waals surface area (Å²) in [5, 5.41) is 9.38. The Labute approximate surface area is 135 Å². The molecule has 0 saturated heterocycles. The highest BCUT2D eigenvalue weighted by Gasteiger charge is 2.18. The summed E-state index contributed by atoms with van der Waals surface area (Å²) in [4.78, 5) is 12.3. The van der Waals surface area contributed by atoms with E-state index in [-0.39, 0.29) is 22.0 Å². The maximum absolute atomic E-state index is 12.2. The molecule has 0 aliphatic carbocycles. The number of benzene rings is 2. The molecule has 5 nitrogen and oxygen atoms in total. The molecule has 23 heavy (non-hydrogen) atoms. The molecule has 0 aromatic heterocycles. The van der Waals surface area contributed by atoms with Crippen molar-refractivity contribution in [3.8, 4) is 5.75 Å². The second-order valence-corrected chi connectivity index (χ2v) is 7.26. The molecule has 120 valence electrons. The standard InChI is InChI=1S/C17H17NO4S/c1-18(2)23(21,22)16-8-4-6-14(12-16)17(20)10-9-13-5-3-7-15(19)11-13/h3-12,19H,1-2H3/b10-9+. The molecule has 2 aromatic rings. The van der Waals surface area contributed by atoms with Gasteiger partial charge in [-0.3, -0.25) is 4.79 Å². The van der Waals surface area contributed by atoms with E-state index in [1.54, 1.807) is 24.3 Å². The Morgan fingerprint density at radius 3 is 2.43 bits per heavy atom. The summed E-state index contributed by atoms with van der Waals surface area (Å²) in [5.74, 6) is -0.206. The number of aromatic hydroxyl groups is 1. The molecule has 0 atom stereocenters. The van der Waals surface area contributed by atoms with Gasteiger partial charge in [-0.2, -0.15) is 0 Å². The van der Waals surface area contributed by atoms with Crippen molar-refractivity contribution in [3.63, 3.8) is 0 Å². The highest BCUT2D eigenvalue weighted by molar-refractivity contribution is 7.89. The molecule has 0 unspecified atom stereocenters. The van der Waals surface area contributed by atoms with E-state index in [0.717, 1.165) is 4.31 Å². The molecule has 0 fully saturated rings. The third-order valence-electron chi connectivity index (χ3n) is 3.19. The summed E-state index contributed by atoms with van der Waals surface area (Å²) >= 11 is 0. The van der Waals surface area contributed by atoms with Crippen LogP contribution in [0.4, 0.5) is 0 Å². The smallest absolute Gasteiger partial charge is 0.242 e. The summed E-state index contributed by atoms with van der Waals surface area (Å²) in [6, 6.07) is 12.4. The predicted molar refractivity (Wildman–Crippen MR) is 88.8 cm³/mol. The average Bonchev–Trinajstić information content (AvgIpc) is 2.52. The zero-order valence-corrected chi connectivity index (χ0v) is 13.6. The minimum Gasteiger partial charge on any atom is -0.508 e. The van der Waals surface area contributed by atoms with Gasteiger partial charge in [0.05, 0.1) is 4.90 Å². The van der Waals surface area contributed by atoms with Gasteiger partial charge in [0.1, 0.15) is 5.75 Å². The van der Waals surface area contributed by atoms with Crippen LogP contribution in [0.5, 0.6) is 5.75 Å². The molecular formula is C17H17NO4S. The molecular weight excluding hydrogens is 314 g/mol. The quantitative estimate of drug-likeness (QED) is 0.675. The summed E-state index contributed by atoms with van der Waals surface area (Å²) in [7, 11) is -0.709. The van der Waals surface area contributed by atoms with Crippen molar-refractivity contribution in [1.82, 2.24) is 4.31 Å². The topological polar surface area (TPSA) is 74.7 Å². The van der Waals surface area contributed by atoms with Crippen LogP contribution in [0, 0.1) is 0 Å². The summed E-state index contributed by atoms with van der Waals surface area (Å²) in [6.45, 7) is 0. The number of nitrogens with zero attached hydrogens (tertiary/aromatic N) is 1. The third kappa shape index (κ3) is 4.06. The van der Waals surface area contributed by atoms with E-state index in [1.807, 2.05) is 0 Å². The highest BCUT2D eigenvalue weighted by atomic mass is 32.2. The summed E-state index contributed by atoms with van der Waals surface area (Å²) in [6.07, 6.45) is 2.91. The fourth-order valence-corrected chi connectivity index (χ4v) is 2.87. The van der Waals surface area contributed by atoms with Crippen LogP contribution in [0.25, 0.3) is 6.08 Å². The van der Waals surface area contributed by atoms with Gasteiger partial charge >= 0.3 is 0 Å². The van der Waals surface area contributed by atoms with Crippen LogP contribution < -0.4 is 0 Å². The largest absolute Gasteiger partial charge is 0.508 e. The lowest BCUT2D eigenvalue weighted by Crippen LogP contribution is -2.22. The fraction of sp³-hybridized carbons (Fsp3) is 0.118. The Morgan fingerprint density at radius 2 is 1.78 bits per heavy atom. The first kappa shape index (κ1) is 16.9. The number of allylic oxidation sites excluding steroid dienone is 1. The van der Waals surface area contributed by atoms with E-state index < -0.39 is 10.0 Å². The zero-order valence-electron chi connectivity index (χ0n) is 12.8. The minimum atomic E-state index is -3.58. The number of carbonyl (C=O) groups excluding carboxylic acids is 1.